The van der Waals surface area contributed by atoms with Crippen molar-refractivity contribution in [1.82, 2.24) is 0 Å². The Morgan fingerprint density at radius 2 is 1.00 bits per heavy atom. The van der Waals surface area contributed by atoms with Crippen LogP contribution in [-0.2, 0) is 0 Å². The molecule has 0 fully saturated rings. The molecule has 126 valence electrons. The van der Waals surface area contributed by atoms with Crippen molar-refractivity contribution in [2.45, 2.75) is 37.8 Å². The number of carbonyl (C=O) groups is 2. The Morgan fingerprint density at radius 3 is 1.33 bits per heavy atom. The first-order valence-electron chi connectivity index (χ1n) is 8.29. The zero-order chi connectivity index (χ0) is 17.4. The number of hydrogen-bond acceptors (Lipinski definition) is 4. The van der Waals surface area contributed by atoms with E-state index in [-0.39, 0.29) is 11.6 Å². The van der Waals surface area contributed by atoms with Gasteiger partial charge in [0, 0.05) is 11.1 Å². The normalized spacial score (nSPS) is 13.2. The monoisotopic (exact) mass is 324 g/mol. The summed E-state index contributed by atoms with van der Waals surface area (Å²) in [6, 6.07) is 17.1. The number of ketones is 2. The second kappa shape index (κ2) is 9.11. The van der Waals surface area contributed by atoms with E-state index in [4.69, 9.17) is 11.5 Å². The van der Waals surface area contributed by atoms with Gasteiger partial charge in [0.15, 0.2) is 11.6 Å². The van der Waals surface area contributed by atoms with Gasteiger partial charge in [-0.25, -0.2) is 0 Å². The first kappa shape index (κ1) is 18.0. The Hall–Kier alpha value is -2.30. The van der Waals surface area contributed by atoms with Gasteiger partial charge in [-0.1, -0.05) is 73.5 Å². The van der Waals surface area contributed by atoms with Crippen LogP contribution in [0.4, 0.5) is 0 Å². The van der Waals surface area contributed by atoms with Crippen LogP contribution in [0.5, 0.6) is 0 Å². The van der Waals surface area contributed by atoms with E-state index >= 15 is 0 Å². The van der Waals surface area contributed by atoms with Crippen molar-refractivity contribution in [3.63, 3.8) is 0 Å². The zero-order valence-corrected chi connectivity index (χ0v) is 13.7. The molecule has 0 radical (unpaired) electrons. The Labute approximate surface area is 142 Å². The molecule has 0 heterocycles. The molecule has 0 aliphatic heterocycles. The number of benzene rings is 2. The fraction of sp³-hybridized carbons (Fsp3) is 0.300. The molecule has 2 rings (SSSR count). The highest BCUT2D eigenvalue weighted by molar-refractivity contribution is 6.00. The summed E-state index contributed by atoms with van der Waals surface area (Å²) in [5.74, 6) is -0.0829. The van der Waals surface area contributed by atoms with Gasteiger partial charge in [-0.05, 0) is 12.8 Å². The number of carbonyl (C=O) groups excluding carboxylic acids is 2. The molecule has 0 saturated carbocycles. The van der Waals surface area contributed by atoms with E-state index in [0.29, 0.717) is 24.0 Å². The van der Waals surface area contributed by atoms with Crippen molar-refractivity contribution in [3.05, 3.63) is 71.8 Å². The van der Waals surface area contributed by atoms with Crippen molar-refractivity contribution < 1.29 is 9.59 Å². The molecule has 0 aliphatic carbocycles. The standard InChI is InChI=1S/C20H24N2O2/c21-17(19(23)15-9-3-1-4-10-15)13-7-8-14-18(22)20(24)16-11-5-2-6-12-16/h1-6,9-12,17-18H,7-8,13-14,21-22H2/t17-,18-/m1/s1. The SMILES string of the molecule is N[C@H](CCCC[C@@H](N)C(=O)c1ccccc1)C(=O)c1ccccc1. The van der Waals surface area contributed by atoms with Crippen LogP contribution in [0.3, 0.4) is 0 Å². The molecule has 2 atom stereocenters. The van der Waals surface area contributed by atoms with Gasteiger partial charge in [-0.2, -0.15) is 0 Å². The summed E-state index contributed by atoms with van der Waals surface area (Å²) < 4.78 is 0. The van der Waals surface area contributed by atoms with Gasteiger partial charge in [0.2, 0.25) is 0 Å². The molecule has 4 nitrogen and oxygen atoms in total. The van der Waals surface area contributed by atoms with Crippen molar-refractivity contribution >= 4 is 11.6 Å². The topological polar surface area (TPSA) is 86.2 Å². The molecule has 0 spiro atoms. The highest BCUT2D eigenvalue weighted by Gasteiger charge is 2.17. The van der Waals surface area contributed by atoms with Gasteiger partial charge in [-0.15, -0.1) is 0 Å². The minimum atomic E-state index is -0.506. The molecule has 4 N–H and O–H groups in total. The lowest BCUT2D eigenvalue weighted by atomic mass is 9.96. The van der Waals surface area contributed by atoms with E-state index in [1.54, 1.807) is 24.3 Å². The number of hydrogen-bond donors (Lipinski definition) is 2. The number of rotatable bonds is 9. The maximum atomic E-state index is 12.2. The predicted octanol–water partition coefficient (Wildman–Crippen LogP) is 2.97. The summed E-state index contributed by atoms with van der Waals surface area (Å²) in [6.45, 7) is 0. The Bertz CT molecular complexity index is 596. The van der Waals surface area contributed by atoms with Crippen LogP contribution in [0.2, 0.25) is 0 Å². The minimum absolute atomic E-state index is 0.0414. The zero-order valence-electron chi connectivity index (χ0n) is 13.7. The Morgan fingerprint density at radius 1 is 0.667 bits per heavy atom. The van der Waals surface area contributed by atoms with Gasteiger partial charge in [0.25, 0.3) is 0 Å². The van der Waals surface area contributed by atoms with Gasteiger partial charge in [0.05, 0.1) is 12.1 Å². The van der Waals surface area contributed by atoms with Crippen LogP contribution >= 0.6 is 0 Å². The summed E-state index contributed by atoms with van der Waals surface area (Å²) in [7, 11) is 0. The maximum Gasteiger partial charge on any atom is 0.179 e. The van der Waals surface area contributed by atoms with Gasteiger partial charge >= 0.3 is 0 Å². The summed E-state index contributed by atoms with van der Waals surface area (Å²) in [5.41, 5.74) is 13.2. The first-order valence-corrected chi connectivity index (χ1v) is 8.29. The summed E-state index contributed by atoms with van der Waals surface area (Å²) >= 11 is 0. The van der Waals surface area contributed by atoms with E-state index in [9.17, 15) is 9.59 Å². The van der Waals surface area contributed by atoms with E-state index in [0.717, 1.165) is 12.8 Å². The highest BCUT2D eigenvalue weighted by Crippen LogP contribution is 2.11. The first-order chi connectivity index (χ1) is 11.6. The third-order valence-corrected chi connectivity index (χ3v) is 4.07. The van der Waals surface area contributed by atoms with E-state index < -0.39 is 12.1 Å². The molecule has 24 heavy (non-hydrogen) atoms. The number of Topliss-reactive ketones (excluding diaryl/α,β-unsaturated/α-hetero) is 2. The van der Waals surface area contributed by atoms with E-state index in [1.165, 1.54) is 0 Å². The molecule has 0 unspecified atom stereocenters. The van der Waals surface area contributed by atoms with Crippen molar-refractivity contribution in [3.8, 4) is 0 Å². The van der Waals surface area contributed by atoms with Crippen LogP contribution in [0, 0.1) is 0 Å². The van der Waals surface area contributed by atoms with Crippen LogP contribution in [0.25, 0.3) is 0 Å². The average Bonchev–Trinajstić information content (AvgIpc) is 2.65. The van der Waals surface area contributed by atoms with Crippen molar-refractivity contribution in [1.29, 1.82) is 0 Å². The molecule has 0 saturated heterocycles. The number of nitrogens with two attached hydrogens (primary N) is 2. The molecular weight excluding hydrogens is 300 g/mol. The lowest BCUT2D eigenvalue weighted by Gasteiger charge is -2.13. The van der Waals surface area contributed by atoms with Crippen LogP contribution in [0.1, 0.15) is 46.4 Å². The lowest BCUT2D eigenvalue weighted by molar-refractivity contribution is 0.0942. The van der Waals surface area contributed by atoms with Crippen LogP contribution < -0.4 is 11.5 Å². The maximum absolute atomic E-state index is 12.2. The molecule has 0 bridgehead atoms. The third-order valence-electron chi connectivity index (χ3n) is 4.07. The molecule has 0 aromatic heterocycles. The average molecular weight is 324 g/mol. The van der Waals surface area contributed by atoms with E-state index in [1.807, 2.05) is 36.4 Å². The second-order valence-electron chi connectivity index (χ2n) is 5.96. The Kier molecular flexibility index (Phi) is 6.85. The van der Waals surface area contributed by atoms with Crippen LogP contribution in [-0.4, -0.2) is 23.7 Å². The summed E-state index contributed by atoms with van der Waals surface area (Å²) in [5, 5.41) is 0. The summed E-state index contributed by atoms with van der Waals surface area (Å²) in [4.78, 5) is 24.3. The number of unbranched alkanes of at least 4 members (excludes halogenated alkanes) is 1. The fourth-order valence-corrected chi connectivity index (χ4v) is 2.62. The van der Waals surface area contributed by atoms with Crippen molar-refractivity contribution in [2.75, 3.05) is 0 Å². The smallest absolute Gasteiger partial charge is 0.179 e. The molecule has 4 heteroatoms. The fourth-order valence-electron chi connectivity index (χ4n) is 2.62. The van der Waals surface area contributed by atoms with Gasteiger partial charge in [-0.3, -0.25) is 9.59 Å². The van der Waals surface area contributed by atoms with Crippen molar-refractivity contribution in [2.24, 2.45) is 11.5 Å². The third kappa shape index (κ3) is 5.11. The molecule has 0 aliphatic rings. The summed E-state index contributed by atoms with van der Waals surface area (Å²) in [6.07, 6.45) is 2.74. The lowest BCUT2D eigenvalue weighted by Crippen LogP contribution is -2.32. The minimum Gasteiger partial charge on any atom is -0.321 e. The quantitative estimate of drug-likeness (QED) is 0.548. The molecule has 2 aromatic rings. The van der Waals surface area contributed by atoms with E-state index in [2.05, 4.69) is 0 Å². The van der Waals surface area contributed by atoms with Gasteiger partial charge in [0.1, 0.15) is 0 Å². The van der Waals surface area contributed by atoms with Gasteiger partial charge < -0.3 is 11.5 Å². The molecule has 0 amide bonds. The second-order valence-corrected chi connectivity index (χ2v) is 5.96. The van der Waals surface area contributed by atoms with Crippen LogP contribution in [0.15, 0.2) is 60.7 Å². The predicted molar refractivity (Wildman–Crippen MR) is 96.0 cm³/mol. The highest BCUT2D eigenvalue weighted by atomic mass is 16.1. The molecule has 2 aromatic carbocycles. The largest absolute Gasteiger partial charge is 0.321 e. The Balaban J connectivity index is 1.72. The molecular formula is C20H24N2O2.